The predicted molar refractivity (Wildman–Crippen MR) is 286 cm³/mol. The van der Waals surface area contributed by atoms with Gasteiger partial charge in [-0.15, -0.1) is 0 Å². The van der Waals surface area contributed by atoms with Gasteiger partial charge in [-0.3, -0.25) is 18.1 Å². The van der Waals surface area contributed by atoms with E-state index >= 15 is 0 Å². The fraction of sp³-hybridized carbons (Fsp3) is 0.800. The Balaban J connectivity index is 0.000000400. The van der Waals surface area contributed by atoms with Crippen molar-refractivity contribution in [1.29, 1.82) is 0 Å². The second-order valence-corrected chi connectivity index (χ2v) is 20.7. The molecule has 0 spiro atoms. The van der Waals surface area contributed by atoms with Crippen molar-refractivity contribution < 1.29 is 154 Å². The van der Waals surface area contributed by atoms with Gasteiger partial charge < -0.3 is 147 Å². The molecule has 25 nitrogen and oxygen atoms in total. The third-order valence-corrected chi connectivity index (χ3v) is 14.2. The number of thiocarbonyl (C=S) groups is 2. The molecule has 20 atom stereocenters. The van der Waals surface area contributed by atoms with Crippen molar-refractivity contribution in [2.24, 2.45) is 11.8 Å². The molecule has 12 aliphatic heterocycles. The van der Waals surface area contributed by atoms with Crippen molar-refractivity contribution in [3.8, 4) is 0 Å². The van der Waals surface area contributed by atoms with Crippen LogP contribution in [0.25, 0.3) is 0 Å². The Labute approximate surface area is 526 Å². The molecular weight excluding hydrogens is 1230 g/mol. The number of hydrogen-bond acceptors (Lipinski definition) is 25. The van der Waals surface area contributed by atoms with Crippen molar-refractivity contribution in [3.05, 3.63) is 51.8 Å². The van der Waals surface area contributed by atoms with Crippen molar-refractivity contribution >= 4 is 34.4 Å². The van der Waals surface area contributed by atoms with Crippen LogP contribution in [0.4, 0.5) is 0 Å². The molecule has 12 heterocycles. The fourth-order valence-corrected chi connectivity index (χ4v) is 9.64. The van der Waals surface area contributed by atoms with E-state index in [2.05, 4.69) is 77.5 Å². The Kier molecular flexibility index (Phi) is 37.2. The number of ether oxygens (including phenoxy) is 8. The van der Waals surface area contributed by atoms with Gasteiger partial charge in [-0.2, -0.15) is 0 Å². The quantitative estimate of drug-likeness (QED) is 0.0256. The van der Waals surface area contributed by atoms with Gasteiger partial charge in [0.05, 0.1) is 54.6 Å². The standard InChI is InChI=1S/C18H33N7S2.2C16H27O9.2Y/c1-6-19-14-25(15-20-7-2)16(3)21-8-11-24(12-9-22-17(4)26)13-10-23-18(5)27;2*1-7-8-4-2-3-5-22-15-13(21)11(19)14(9(6-17)24-15)25-16(23-7)12(20)10(8)18;;/h19-21H,1-3,8-15H2,4-5H3,(H,22,26)(H,23,27);2*7-21H,1-6H2;;/q-2;2*-1;;/t;2*7?,8?,9?,10?,11?,12?,13?,14?,15-,16+;;/m.11../s1. The maximum Gasteiger partial charge on any atom is 0.186 e. The van der Waals surface area contributed by atoms with E-state index in [4.69, 9.17) is 62.3 Å². The van der Waals surface area contributed by atoms with Gasteiger partial charge in [-0.25, -0.2) is 0 Å². The van der Waals surface area contributed by atoms with Gasteiger partial charge in [0.15, 0.2) is 25.2 Å². The minimum absolute atomic E-state index is 0. The summed E-state index contributed by atoms with van der Waals surface area (Å²) < 4.78 is 44.3. The summed E-state index contributed by atoms with van der Waals surface area (Å²) in [6, 6.07) is 0. The smallest absolute Gasteiger partial charge is 0.186 e. The topological polar surface area (TPSA) is 343 Å². The molecule has 16 unspecified atom stereocenters. The number of aliphatic hydroxyl groups is 10. The number of nitrogens with zero attached hydrogens (tertiary/aromatic N) is 2. The van der Waals surface area contributed by atoms with E-state index < -0.39 is 124 Å². The molecule has 29 heteroatoms. The van der Waals surface area contributed by atoms with Gasteiger partial charge in [0, 0.05) is 118 Å². The van der Waals surface area contributed by atoms with Crippen LogP contribution in [0, 0.1) is 38.1 Å². The molecule has 0 saturated carbocycles. The first-order valence-corrected chi connectivity index (χ1v) is 27.0. The van der Waals surface area contributed by atoms with E-state index in [0.717, 1.165) is 55.1 Å². The van der Waals surface area contributed by atoms with E-state index in [1.807, 2.05) is 18.7 Å². The zero-order valence-electron chi connectivity index (χ0n) is 45.4. The number of rotatable bonds is 19. The number of aliphatic hydroxyl groups excluding tert-OH is 10. The van der Waals surface area contributed by atoms with E-state index in [-0.39, 0.29) is 90.5 Å². The van der Waals surface area contributed by atoms with Crippen molar-refractivity contribution in [2.75, 3.05) is 79.0 Å². The van der Waals surface area contributed by atoms with Gasteiger partial charge in [0.1, 0.15) is 61.0 Å². The zero-order valence-corrected chi connectivity index (χ0v) is 52.7. The molecule has 12 saturated heterocycles. The molecule has 12 rings (SSSR count). The van der Waals surface area contributed by atoms with Gasteiger partial charge in [-0.1, -0.05) is 56.1 Å². The van der Waals surface area contributed by atoms with Crippen LogP contribution < -0.4 is 26.6 Å². The monoisotopic (exact) mass is 1320 g/mol. The molecule has 2 radical (unpaired) electrons. The summed E-state index contributed by atoms with van der Waals surface area (Å²) >= 11 is 10.1. The minimum atomic E-state index is -1.42. The Bertz CT molecular complexity index is 1660. The van der Waals surface area contributed by atoms with Crippen LogP contribution >= 0.6 is 24.4 Å². The summed E-state index contributed by atoms with van der Waals surface area (Å²) in [5, 5.41) is 117. The maximum absolute atomic E-state index is 10.4. The van der Waals surface area contributed by atoms with Gasteiger partial charge in [-0.05, 0) is 51.4 Å². The Morgan fingerprint density at radius 1 is 0.544 bits per heavy atom. The number of hydrogen-bond donors (Lipinski definition) is 15. The summed E-state index contributed by atoms with van der Waals surface area (Å²) in [6.45, 7) is 28.4. The minimum Gasteiger partial charge on any atom is -0.552 e. The second kappa shape index (κ2) is 39.4. The van der Waals surface area contributed by atoms with Crippen LogP contribution in [0.2, 0.25) is 0 Å². The normalized spacial score (nSPS) is 36.3. The maximum atomic E-state index is 10.4. The van der Waals surface area contributed by atoms with E-state index in [9.17, 15) is 51.1 Å². The van der Waals surface area contributed by atoms with Crippen LogP contribution in [-0.4, -0.2) is 260 Å². The Morgan fingerprint density at radius 2 is 0.911 bits per heavy atom. The first-order chi connectivity index (χ1) is 36.8. The first-order valence-electron chi connectivity index (χ1n) is 26.1. The Morgan fingerprint density at radius 3 is 1.27 bits per heavy atom. The summed E-state index contributed by atoms with van der Waals surface area (Å²) in [5.74, 6) is 0.0898. The van der Waals surface area contributed by atoms with Gasteiger partial charge >= 0.3 is 0 Å². The van der Waals surface area contributed by atoms with Crippen molar-refractivity contribution in [3.63, 3.8) is 0 Å². The SMILES string of the molecule is C=[C-]NCN(CN[C-]=C)C(=C)NCCN(CCNC(C)=S)CCNC(C)=S.[CH2-]C1O[C@H]2OC3C(CO)O[C@@H](OCCCCC1C(O)C2O)C(O)C3O.[CH2-]C1O[C@H]2OC3C(CO)O[C@@H](OCCCCC1C(O)C2O)C(O)C3O.[Y].[Y]. The van der Waals surface area contributed by atoms with E-state index in [1.54, 1.807) is 0 Å². The van der Waals surface area contributed by atoms with Crippen molar-refractivity contribution in [1.82, 2.24) is 36.4 Å². The zero-order chi connectivity index (χ0) is 56.8. The molecule has 0 aliphatic carbocycles. The van der Waals surface area contributed by atoms with E-state index in [1.165, 1.54) is 0 Å². The van der Waals surface area contributed by atoms with Gasteiger partial charge in [0.25, 0.3) is 0 Å². The van der Waals surface area contributed by atoms with E-state index in [0.29, 0.717) is 51.9 Å². The molecule has 12 aliphatic rings. The molecular formula is C50H87N7O18S2Y2-4. The summed E-state index contributed by atoms with van der Waals surface area (Å²) in [7, 11) is 0. The summed E-state index contributed by atoms with van der Waals surface area (Å²) in [5.41, 5.74) is 0. The Hall–Kier alpha value is -0.352. The van der Waals surface area contributed by atoms with Gasteiger partial charge in [0.2, 0.25) is 0 Å². The average Bonchev–Trinajstić information content (AvgIpc) is 3.39. The first kappa shape index (κ1) is 74.7. The summed E-state index contributed by atoms with van der Waals surface area (Å²) in [6.07, 6.45) is -11.6. The van der Waals surface area contributed by atoms with Crippen LogP contribution in [0.1, 0.15) is 52.4 Å². The molecule has 8 bridgehead atoms. The molecule has 452 valence electrons. The third-order valence-electron chi connectivity index (χ3n) is 13.9. The fourth-order valence-electron chi connectivity index (χ4n) is 9.44. The molecule has 15 N–H and O–H groups in total. The van der Waals surface area contributed by atoms with Crippen LogP contribution in [0.15, 0.2) is 25.6 Å². The molecule has 12 fully saturated rings. The van der Waals surface area contributed by atoms with Crippen molar-refractivity contribution in [2.45, 2.75) is 163 Å². The molecule has 0 amide bonds. The second-order valence-electron chi connectivity index (χ2n) is 19.5. The molecule has 0 aromatic rings. The number of nitrogens with one attached hydrogen (secondary N) is 5. The largest absolute Gasteiger partial charge is 0.552 e. The molecule has 79 heavy (non-hydrogen) atoms. The van der Waals surface area contributed by atoms with Crippen LogP contribution in [-0.2, 0) is 103 Å². The molecule has 0 aromatic heterocycles. The molecule has 0 aromatic carbocycles. The predicted octanol–water partition coefficient (Wildman–Crippen LogP) is -3.68. The third kappa shape index (κ3) is 23.5. The summed E-state index contributed by atoms with van der Waals surface area (Å²) in [4.78, 5) is 5.92. The van der Waals surface area contributed by atoms with Crippen LogP contribution in [0.5, 0.6) is 0 Å². The average molecular weight is 1320 g/mol. The van der Waals surface area contributed by atoms with Crippen LogP contribution in [0.3, 0.4) is 0 Å².